The van der Waals surface area contributed by atoms with Crippen molar-refractivity contribution in [2.24, 2.45) is 0 Å². The Labute approximate surface area is 115 Å². The zero-order chi connectivity index (χ0) is 13.8. The van der Waals surface area contributed by atoms with Crippen LogP contribution in [0.4, 0.5) is 17.2 Å². The van der Waals surface area contributed by atoms with Gasteiger partial charge in [0.25, 0.3) is 0 Å². The molecule has 2 rings (SSSR count). The first-order chi connectivity index (χ1) is 9.10. The van der Waals surface area contributed by atoms with Gasteiger partial charge in [0.15, 0.2) is 0 Å². The molecule has 0 aliphatic carbocycles. The van der Waals surface area contributed by atoms with Gasteiger partial charge in [0.05, 0.1) is 24.6 Å². The highest BCUT2D eigenvalue weighted by molar-refractivity contribution is 6.30. The van der Waals surface area contributed by atoms with Crippen molar-refractivity contribution in [3.8, 4) is 0 Å². The van der Waals surface area contributed by atoms with E-state index in [-0.39, 0.29) is 11.3 Å². The molecule has 19 heavy (non-hydrogen) atoms. The molecule has 0 bridgehead atoms. The molecule has 98 valence electrons. The van der Waals surface area contributed by atoms with E-state index in [4.69, 9.17) is 17.3 Å². The number of rotatable bonds is 3. The van der Waals surface area contributed by atoms with E-state index in [2.05, 4.69) is 15.0 Å². The molecule has 0 atom stereocenters. The molecule has 0 saturated heterocycles. The maximum atomic E-state index is 11.5. The Bertz CT molecular complexity index is 599. The molecule has 0 saturated carbocycles. The van der Waals surface area contributed by atoms with Crippen molar-refractivity contribution in [3.05, 3.63) is 47.1 Å². The van der Waals surface area contributed by atoms with Gasteiger partial charge in [0, 0.05) is 10.7 Å². The van der Waals surface area contributed by atoms with E-state index in [1.54, 1.807) is 24.3 Å². The van der Waals surface area contributed by atoms with Crippen molar-refractivity contribution >= 4 is 34.8 Å². The lowest BCUT2D eigenvalue weighted by atomic mass is 10.2. The minimum atomic E-state index is -0.501. The maximum absolute atomic E-state index is 11.5. The summed E-state index contributed by atoms with van der Waals surface area (Å²) >= 11 is 5.80. The molecular weight excluding hydrogens is 266 g/mol. The van der Waals surface area contributed by atoms with Crippen LogP contribution >= 0.6 is 11.6 Å². The standard InChI is InChI=1S/C13H12ClN3O2/c1-19-13(18)10-6-12(16-7-11(10)15)17-9-4-2-8(14)3-5-9/h2-7H,15H2,1H3,(H,16,17). The molecule has 0 amide bonds. The minimum Gasteiger partial charge on any atom is -0.465 e. The van der Waals surface area contributed by atoms with Gasteiger partial charge in [-0.05, 0) is 30.3 Å². The van der Waals surface area contributed by atoms with Gasteiger partial charge in [-0.25, -0.2) is 9.78 Å². The number of anilines is 3. The monoisotopic (exact) mass is 277 g/mol. The number of pyridine rings is 1. The van der Waals surface area contributed by atoms with Gasteiger partial charge in [-0.3, -0.25) is 0 Å². The summed E-state index contributed by atoms with van der Waals surface area (Å²) in [5.41, 5.74) is 7.02. The molecule has 5 nitrogen and oxygen atoms in total. The molecular formula is C13H12ClN3O2. The fraction of sp³-hybridized carbons (Fsp3) is 0.0769. The van der Waals surface area contributed by atoms with Gasteiger partial charge in [0.2, 0.25) is 0 Å². The molecule has 0 fully saturated rings. The first-order valence-electron chi connectivity index (χ1n) is 5.46. The van der Waals surface area contributed by atoms with Crippen molar-refractivity contribution in [1.82, 2.24) is 4.98 Å². The number of carbonyl (C=O) groups excluding carboxylic acids is 1. The van der Waals surface area contributed by atoms with E-state index < -0.39 is 5.97 Å². The van der Waals surface area contributed by atoms with Crippen LogP contribution in [-0.2, 0) is 4.74 Å². The maximum Gasteiger partial charge on any atom is 0.340 e. The first kappa shape index (κ1) is 13.2. The number of esters is 1. The zero-order valence-corrected chi connectivity index (χ0v) is 10.9. The molecule has 6 heteroatoms. The predicted molar refractivity (Wildman–Crippen MR) is 74.7 cm³/mol. The second kappa shape index (κ2) is 5.58. The summed E-state index contributed by atoms with van der Waals surface area (Å²) in [6, 6.07) is 8.65. The number of methoxy groups -OCH3 is 1. The molecule has 0 aliphatic rings. The molecule has 1 aromatic heterocycles. The van der Waals surface area contributed by atoms with Crippen LogP contribution in [-0.4, -0.2) is 18.1 Å². The Morgan fingerprint density at radius 3 is 2.68 bits per heavy atom. The third-order valence-corrected chi connectivity index (χ3v) is 2.71. The van der Waals surface area contributed by atoms with E-state index in [1.807, 2.05) is 0 Å². The first-order valence-corrected chi connectivity index (χ1v) is 5.84. The Morgan fingerprint density at radius 2 is 2.05 bits per heavy atom. The van der Waals surface area contributed by atoms with E-state index in [1.165, 1.54) is 19.4 Å². The van der Waals surface area contributed by atoms with Crippen molar-refractivity contribution < 1.29 is 9.53 Å². The third-order valence-electron chi connectivity index (χ3n) is 2.46. The fourth-order valence-electron chi connectivity index (χ4n) is 1.50. The fourth-order valence-corrected chi connectivity index (χ4v) is 1.63. The van der Waals surface area contributed by atoms with Gasteiger partial charge in [0.1, 0.15) is 5.82 Å². The van der Waals surface area contributed by atoms with Crippen LogP contribution in [0, 0.1) is 0 Å². The van der Waals surface area contributed by atoms with Crippen LogP contribution in [0.1, 0.15) is 10.4 Å². The smallest absolute Gasteiger partial charge is 0.340 e. The number of hydrogen-bond acceptors (Lipinski definition) is 5. The van der Waals surface area contributed by atoms with E-state index >= 15 is 0 Å². The second-order valence-corrected chi connectivity index (χ2v) is 4.22. The number of hydrogen-bond donors (Lipinski definition) is 2. The van der Waals surface area contributed by atoms with E-state index in [0.717, 1.165) is 5.69 Å². The highest BCUT2D eigenvalue weighted by Crippen LogP contribution is 2.21. The Kier molecular flexibility index (Phi) is 3.87. The van der Waals surface area contributed by atoms with Crippen LogP contribution in [0.2, 0.25) is 5.02 Å². The third kappa shape index (κ3) is 3.14. The Balaban J connectivity index is 2.26. The lowest BCUT2D eigenvalue weighted by molar-refractivity contribution is 0.0602. The summed E-state index contributed by atoms with van der Waals surface area (Å²) in [7, 11) is 1.30. The lowest BCUT2D eigenvalue weighted by Crippen LogP contribution is -2.07. The number of nitrogens with zero attached hydrogens (tertiary/aromatic N) is 1. The summed E-state index contributed by atoms with van der Waals surface area (Å²) < 4.78 is 4.65. The van der Waals surface area contributed by atoms with Crippen molar-refractivity contribution in [2.75, 3.05) is 18.2 Å². The molecule has 1 heterocycles. The molecule has 0 aliphatic heterocycles. The summed E-state index contributed by atoms with van der Waals surface area (Å²) in [5, 5.41) is 3.69. The van der Waals surface area contributed by atoms with Crippen LogP contribution in [0.15, 0.2) is 36.5 Å². The largest absolute Gasteiger partial charge is 0.465 e. The van der Waals surface area contributed by atoms with Crippen LogP contribution in [0.5, 0.6) is 0 Å². The second-order valence-electron chi connectivity index (χ2n) is 3.78. The number of benzene rings is 1. The number of nitrogens with two attached hydrogens (primary N) is 1. The van der Waals surface area contributed by atoms with Crippen molar-refractivity contribution in [2.45, 2.75) is 0 Å². The van der Waals surface area contributed by atoms with Crippen LogP contribution in [0.25, 0.3) is 0 Å². The Hall–Kier alpha value is -2.27. The van der Waals surface area contributed by atoms with Gasteiger partial charge >= 0.3 is 5.97 Å². The summed E-state index contributed by atoms with van der Waals surface area (Å²) in [4.78, 5) is 15.6. The quantitative estimate of drug-likeness (QED) is 0.844. The summed E-state index contributed by atoms with van der Waals surface area (Å²) in [5.74, 6) is -0.00372. The number of halogens is 1. The van der Waals surface area contributed by atoms with Crippen LogP contribution in [0.3, 0.4) is 0 Å². The molecule has 3 N–H and O–H groups in total. The summed E-state index contributed by atoms with van der Waals surface area (Å²) in [6.07, 6.45) is 1.41. The molecule has 0 unspecified atom stereocenters. The van der Waals surface area contributed by atoms with Crippen molar-refractivity contribution in [3.63, 3.8) is 0 Å². The van der Waals surface area contributed by atoms with E-state index in [0.29, 0.717) is 10.8 Å². The van der Waals surface area contributed by atoms with Gasteiger partial charge in [-0.2, -0.15) is 0 Å². The highest BCUT2D eigenvalue weighted by atomic mass is 35.5. The highest BCUT2D eigenvalue weighted by Gasteiger charge is 2.11. The number of aromatic nitrogens is 1. The van der Waals surface area contributed by atoms with Crippen molar-refractivity contribution in [1.29, 1.82) is 0 Å². The normalized spacial score (nSPS) is 10.0. The summed E-state index contributed by atoms with van der Waals surface area (Å²) in [6.45, 7) is 0. The average Bonchev–Trinajstić information content (AvgIpc) is 2.42. The van der Waals surface area contributed by atoms with Gasteiger partial charge < -0.3 is 15.8 Å². The molecule has 0 radical (unpaired) electrons. The number of nitrogens with one attached hydrogen (secondary N) is 1. The Morgan fingerprint density at radius 1 is 1.37 bits per heavy atom. The SMILES string of the molecule is COC(=O)c1cc(Nc2ccc(Cl)cc2)ncc1N. The lowest BCUT2D eigenvalue weighted by Gasteiger charge is -2.08. The van der Waals surface area contributed by atoms with Gasteiger partial charge in [-0.15, -0.1) is 0 Å². The minimum absolute atomic E-state index is 0.272. The van der Waals surface area contributed by atoms with Crippen LogP contribution < -0.4 is 11.1 Å². The topological polar surface area (TPSA) is 77.2 Å². The average molecular weight is 278 g/mol. The van der Waals surface area contributed by atoms with Gasteiger partial charge in [-0.1, -0.05) is 11.6 Å². The zero-order valence-electron chi connectivity index (χ0n) is 10.2. The molecule has 2 aromatic rings. The molecule has 1 aromatic carbocycles. The number of nitrogen functional groups attached to an aromatic ring is 1. The van der Waals surface area contributed by atoms with E-state index in [9.17, 15) is 4.79 Å². The number of ether oxygens (including phenoxy) is 1. The predicted octanol–water partition coefficient (Wildman–Crippen LogP) is 2.85. The molecule has 0 spiro atoms. The number of carbonyl (C=O) groups is 1.